The Morgan fingerprint density at radius 3 is 2.58 bits per heavy atom. The van der Waals surface area contributed by atoms with Crippen LogP contribution in [0.5, 0.6) is 23.0 Å². The van der Waals surface area contributed by atoms with Crippen LogP contribution in [0.4, 0.5) is 0 Å². The van der Waals surface area contributed by atoms with Gasteiger partial charge in [-0.15, -0.1) is 0 Å². The lowest BCUT2D eigenvalue weighted by Gasteiger charge is -2.27. The molecule has 2 aromatic carbocycles. The van der Waals surface area contributed by atoms with Crippen molar-refractivity contribution >= 4 is 28.7 Å². The number of carbonyl (C=O) groups excluding carboxylic acids is 1. The zero-order valence-electron chi connectivity index (χ0n) is 14.4. The highest BCUT2D eigenvalue weighted by Crippen LogP contribution is 2.49. The molecule has 1 aromatic heterocycles. The van der Waals surface area contributed by atoms with Crippen molar-refractivity contribution in [1.82, 2.24) is 8.75 Å². The number of esters is 1. The van der Waals surface area contributed by atoms with Gasteiger partial charge in [-0.25, -0.2) is 0 Å². The number of benzene rings is 2. The normalized spacial score (nSPS) is 16.1. The van der Waals surface area contributed by atoms with Crippen molar-refractivity contribution in [3.8, 4) is 23.0 Å². The molecule has 1 aliphatic rings. The second-order valence-electron chi connectivity index (χ2n) is 5.76. The van der Waals surface area contributed by atoms with E-state index in [4.69, 9.17) is 18.9 Å². The first-order chi connectivity index (χ1) is 12.7. The van der Waals surface area contributed by atoms with E-state index in [1.165, 1.54) is 0 Å². The highest BCUT2D eigenvalue weighted by Gasteiger charge is 2.34. The van der Waals surface area contributed by atoms with Crippen LogP contribution in [0.3, 0.4) is 0 Å². The maximum Gasteiger partial charge on any atom is 0.312 e. The molecule has 8 heteroatoms. The third-order valence-electron chi connectivity index (χ3n) is 4.48. The second-order valence-corrected chi connectivity index (χ2v) is 6.29. The fourth-order valence-electron chi connectivity index (χ4n) is 3.38. The number of hydrogen-bond acceptors (Lipinski definition) is 8. The Balaban J connectivity index is 1.97. The van der Waals surface area contributed by atoms with Gasteiger partial charge in [-0.3, -0.25) is 4.79 Å². The molecule has 26 heavy (non-hydrogen) atoms. The van der Waals surface area contributed by atoms with Crippen molar-refractivity contribution in [2.75, 3.05) is 21.3 Å². The SMILES string of the molecule is COc1ccc(C2CC(=O)Oc3ccc4nsnc4c32)c(OC)c1OC. The topological polar surface area (TPSA) is 79.8 Å². The van der Waals surface area contributed by atoms with Gasteiger partial charge in [-0.2, -0.15) is 8.75 Å². The van der Waals surface area contributed by atoms with Crippen molar-refractivity contribution in [2.24, 2.45) is 0 Å². The van der Waals surface area contributed by atoms with Crippen LogP contribution in [0.1, 0.15) is 23.5 Å². The summed E-state index contributed by atoms with van der Waals surface area (Å²) in [7, 11) is 4.68. The van der Waals surface area contributed by atoms with E-state index in [0.717, 1.165) is 33.9 Å². The number of methoxy groups -OCH3 is 3. The van der Waals surface area contributed by atoms with E-state index in [1.807, 2.05) is 6.07 Å². The molecule has 0 saturated carbocycles. The summed E-state index contributed by atoms with van der Waals surface area (Å²) in [6.45, 7) is 0. The number of nitrogens with zero attached hydrogens (tertiary/aromatic N) is 2. The van der Waals surface area contributed by atoms with E-state index >= 15 is 0 Å². The first-order valence-corrected chi connectivity index (χ1v) is 8.65. The molecule has 4 rings (SSSR count). The van der Waals surface area contributed by atoms with Crippen LogP contribution in [-0.2, 0) is 4.79 Å². The number of fused-ring (bicyclic) bond motifs is 3. The quantitative estimate of drug-likeness (QED) is 0.514. The summed E-state index contributed by atoms with van der Waals surface area (Å²) in [5, 5.41) is 0. The van der Waals surface area contributed by atoms with Crippen molar-refractivity contribution in [2.45, 2.75) is 12.3 Å². The average molecular weight is 372 g/mol. The Labute approximate surface area is 153 Å². The Hall–Kier alpha value is -2.87. The minimum Gasteiger partial charge on any atom is -0.493 e. The van der Waals surface area contributed by atoms with Crippen LogP contribution in [0, 0.1) is 0 Å². The third-order valence-corrected chi connectivity index (χ3v) is 5.02. The molecule has 1 unspecified atom stereocenters. The van der Waals surface area contributed by atoms with Crippen LogP contribution in [0.25, 0.3) is 11.0 Å². The predicted octanol–water partition coefficient (Wildman–Crippen LogP) is 3.16. The van der Waals surface area contributed by atoms with Gasteiger partial charge >= 0.3 is 5.97 Å². The standard InChI is InChI=1S/C18H16N2O5S/c1-22-13-6-4-9(17(23-2)18(13)24-3)10-8-14(21)25-12-7-5-11-16(15(10)12)20-26-19-11/h4-7,10H,8H2,1-3H3. The molecule has 0 radical (unpaired) electrons. The van der Waals surface area contributed by atoms with E-state index in [1.54, 1.807) is 39.5 Å². The summed E-state index contributed by atoms with van der Waals surface area (Å²) >= 11 is 1.13. The number of carbonyl (C=O) groups is 1. The number of aromatic nitrogens is 2. The van der Waals surface area contributed by atoms with Crippen molar-refractivity contribution in [3.63, 3.8) is 0 Å². The minimum atomic E-state index is -0.304. The molecule has 0 N–H and O–H groups in total. The first-order valence-electron chi connectivity index (χ1n) is 7.92. The maximum absolute atomic E-state index is 12.2. The van der Waals surface area contributed by atoms with Gasteiger partial charge in [-0.05, 0) is 18.2 Å². The van der Waals surface area contributed by atoms with E-state index in [2.05, 4.69) is 8.75 Å². The molecule has 1 aliphatic heterocycles. The smallest absolute Gasteiger partial charge is 0.312 e. The summed E-state index contributed by atoms with van der Waals surface area (Å²) in [6, 6.07) is 7.25. The molecule has 0 saturated heterocycles. The molecule has 7 nitrogen and oxygen atoms in total. The van der Waals surface area contributed by atoms with Gasteiger partial charge in [0.25, 0.3) is 0 Å². The van der Waals surface area contributed by atoms with Gasteiger partial charge in [0.1, 0.15) is 16.8 Å². The van der Waals surface area contributed by atoms with E-state index < -0.39 is 0 Å². The predicted molar refractivity (Wildman–Crippen MR) is 95.6 cm³/mol. The first kappa shape index (κ1) is 16.6. The Bertz CT molecular complexity index is 1000. The molecular weight excluding hydrogens is 356 g/mol. The highest BCUT2D eigenvalue weighted by atomic mass is 32.1. The zero-order valence-corrected chi connectivity index (χ0v) is 15.3. The van der Waals surface area contributed by atoms with Gasteiger partial charge in [0, 0.05) is 17.0 Å². The molecule has 0 spiro atoms. The number of hydrogen-bond donors (Lipinski definition) is 0. The van der Waals surface area contributed by atoms with E-state index in [0.29, 0.717) is 23.0 Å². The summed E-state index contributed by atoms with van der Waals surface area (Å²) in [4.78, 5) is 12.2. The van der Waals surface area contributed by atoms with E-state index in [9.17, 15) is 4.79 Å². The lowest BCUT2D eigenvalue weighted by atomic mass is 9.84. The summed E-state index contributed by atoms with van der Waals surface area (Å²) < 4.78 is 30.6. The molecule has 0 bridgehead atoms. The molecule has 2 heterocycles. The van der Waals surface area contributed by atoms with E-state index in [-0.39, 0.29) is 18.3 Å². The largest absolute Gasteiger partial charge is 0.493 e. The lowest BCUT2D eigenvalue weighted by Crippen LogP contribution is -2.22. The number of ether oxygens (including phenoxy) is 4. The summed E-state index contributed by atoms with van der Waals surface area (Å²) in [5.74, 6) is 1.48. The molecule has 1 atom stereocenters. The van der Waals surface area contributed by atoms with Crippen LogP contribution in [-0.4, -0.2) is 36.0 Å². The van der Waals surface area contributed by atoms with Crippen molar-refractivity contribution < 1.29 is 23.7 Å². The maximum atomic E-state index is 12.2. The highest BCUT2D eigenvalue weighted by molar-refractivity contribution is 7.00. The Kier molecular flexibility index (Phi) is 4.12. The van der Waals surface area contributed by atoms with Gasteiger partial charge in [0.15, 0.2) is 11.5 Å². The summed E-state index contributed by atoms with van der Waals surface area (Å²) in [5.41, 5.74) is 3.16. The Morgan fingerprint density at radius 2 is 1.85 bits per heavy atom. The summed E-state index contributed by atoms with van der Waals surface area (Å²) in [6.07, 6.45) is 0.176. The molecule has 3 aromatic rings. The zero-order chi connectivity index (χ0) is 18.3. The molecule has 134 valence electrons. The second kappa shape index (κ2) is 6.45. The number of rotatable bonds is 4. The third kappa shape index (κ3) is 2.45. The van der Waals surface area contributed by atoms with Crippen LogP contribution < -0.4 is 18.9 Å². The van der Waals surface area contributed by atoms with Crippen molar-refractivity contribution in [1.29, 1.82) is 0 Å². The van der Waals surface area contributed by atoms with Gasteiger partial charge in [-0.1, -0.05) is 6.07 Å². The van der Waals surface area contributed by atoms with Gasteiger partial charge in [0.2, 0.25) is 5.75 Å². The fourth-order valence-corrected chi connectivity index (χ4v) is 3.93. The molecule has 0 fully saturated rings. The average Bonchev–Trinajstić information content (AvgIpc) is 3.14. The van der Waals surface area contributed by atoms with Gasteiger partial charge in [0.05, 0.1) is 39.5 Å². The van der Waals surface area contributed by atoms with Crippen LogP contribution in [0.2, 0.25) is 0 Å². The monoisotopic (exact) mass is 372 g/mol. The van der Waals surface area contributed by atoms with Crippen molar-refractivity contribution in [3.05, 3.63) is 35.4 Å². The fraction of sp³-hybridized carbons (Fsp3) is 0.278. The molecular formula is C18H16N2O5S. The minimum absolute atomic E-state index is 0.176. The lowest BCUT2D eigenvalue weighted by molar-refractivity contribution is -0.135. The molecule has 0 amide bonds. The van der Waals surface area contributed by atoms with Crippen LogP contribution in [0.15, 0.2) is 24.3 Å². The molecule has 0 aliphatic carbocycles. The Morgan fingerprint density at radius 1 is 1.04 bits per heavy atom. The van der Waals surface area contributed by atoms with Gasteiger partial charge < -0.3 is 18.9 Å². The van der Waals surface area contributed by atoms with Crippen LogP contribution >= 0.6 is 11.7 Å².